The molecule has 0 saturated heterocycles. The van der Waals surface area contributed by atoms with Crippen LogP contribution in [0.1, 0.15) is 29.8 Å². The van der Waals surface area contributed by atoms with E-state index in [0.717, 1.165) is 15.4 Å². The summed E-state index contributed by atoms with van der Waals surface area (Å²) in [5, 5.41) is 7.30. The van der Waals surface area contributed by atoms with Crippen molar-refractivity contribution in [1.29, 1.82) is 0 Å². The summed E-state index contributed by atoms with van der Waals surface area (Å²) in [7, 11) is 1.43. The zero-order chi connectivity index (χ0) is 14.3. The van der Waals surface area contributed by atoms with E-state index in [1.807, 2.05) is 0 Å². The van der Waals surface area contributed by atoms with Crippen molar-refractivity contribution in [2.45, 2.75) is 25.4 Å². The molecule has 1 atom stereocenters. The topological polar surface area (TPSA) is 91.4 Å². The molecule has 109 valence electrons. The molecule has 21 heavy (non-hydrogen) atoms. The van der Waals surface area contributed by atoms with Gasteiger partial charge in [0.1, 0.15) is 6.33 Å². The second kappa shape index (κ2) is 6.27. The molecule has 1 fully saturated rings. The molecule has 8 nitrogen and oxygen atoms in total. The van der Waals surface area contributed by atoms with Crippen molar-refractivity contribution in [3.8, 4) is 0 Å². The Morgan fingerprint density at radius 3 is 3.00 bits per heavy atom. The summed E-state index contributed by atoms with van der Waals surface area (Å²) in [6, 6.07) is 0. The summed E-state index contributed by atoms with van der Waals surface area (Å²) >= 11 is 0. The van der Waals surface area contributed by atoms with Gasteiger partial charge in [-0.1, -0.05) is 11.6 Å². The Hall–Kier alpha value is -1.22. The zero-order valence-corrected chi connectivity index (χ0v) is 14.0. The molecule has 0 aliphatic heterocycles. The van der Waals surface area contributed by atoms with Crippen LogP contribution in [0.15, 0.2) is 11.1 Å². The molecular formula is C11H11FN5O3Y-. The molecule has 1 aliphatic carbocycles. The van der Waals surface area contributed by atoms with Gasteiger partial charge in [-0.15, -0.1) is 17.7 Å². The summed E-state index contributed by atoms with van der Waals surface area (Å²) in [5.74, 6) is -0.808. The number of halogens is 1. The van der Waals surface area contributed by atoms with Crippen LogP contribution in [-0.4, -0.2) is 36.5 Å². The number of carbonyl (C=O) groups is 1. The van der Waals surface area contributed by atoms with Crippen LogP contribution < -0.4 is 5.69 Å². The van der Waals surface area contributed by atoms with Gasteiger partial charge in [-0.05, 0) is 6.42 Å². The number of esters is 1. The molecule has 1 unspecified atom stereocenters. The van der Waals surface area contributed by atoms with Crippen LogP contribution in [0.3, 0.4) is 0 Å². The van der Waals surface area contributed by atoms with Crippen LogP contribution >= 0.6 is 0 Å². The quantitative estimate of drug-likeness (QED) is 0.548. The summed E-state index contributed by atoms with van der Waals surface area (Å²) in [5.41, 5.74) is -0.633. The Kier molecular flexibility index (Phi) is 4.82. The Labute approximate surface area is 143 Å². The van der Waals surface area contributed by atoms with Gasteiger partial charge in [0.05, 0.1) is 0 Å². The predicted molar refractivity (Wildman–Crippen MR) is 63.4 cm³/mol. The third-order valence-corrected chi connectivity index (χ3v) is 3.17. The van der Waals surface area contributed by atoms with Gasteiger partial charge in [0.2, 0.25) is 0 Å². The van der Waals surface area contributed by atoms with Crippen LogP contribution in [-0.2, 0) is 44.5 Å². The number of imidazole rings is 1. The molecule has 2 aromatic heterocycles. The number of aryl methyl sites for hydroxylation is 1. The average Bonchev–Trinajstić information content (AvgIpc) is 3.01. The van der Waals surface area contributed by atoms with E-state index in [9.17, 15) is 14.0 Å². The molecule has 2 heterocycles. The number of rotatable bonds is 2. The van der Waals surface area contributed by atoms with Gasteiger partial charge in [0.25, 0.3) is 0 Å². The minimum atomic E-state index is -0.834. The SMILES string of the molecule is Cn1nnc2c(C(=O)OC3CCC[C-]3F)ncn2c1=O.[Y]. The Morgan fingerprint density at radius 2 is 2.33 bits per heavy atom. The first kappa shape index (κ1) is 16.2. The van der Waals surface area contributed by atoms with Crippen molar-refractivity contribution in [3.63, 3.8) is 0 Å². The maximum atomic E-state index is 13.4. The Morgan fingerprint density at radius 1 is 1.57 bits per heavy atom. The van der Waals surface area contributed by atoms with E-state index in [-0.39, 0.29) is 50.2 Å². The van der Waals surface area contributed by atoms with Gasteiger partial charge in [-0.2, -0.15) is 4.68 Å². The van der Waals surface area contributed by atoms with Gasteiger partial charge in [-0.3, -0.25) is 0 Å². The van der Waals surface area contributed by atoms with E-state index in [1.165, 1.54) is 7.05 Å². The summed E-state index contributed by atoms with van der Waals surface area (Å²) in [4.78, 5) is 27.5. The molecular weight excluding hydrogens is 358 g/mol. The van der Waals surface area contributed by atoms with E-state index in [1.54, 1.807) is 0 Å². The molecule has 0 N–H and O–H groups in total. The molecule has 3 rings (SSSR count). The average molecular weight is 369 g/mol. The normalized spacial score (nSPS) is 18.7. The number of aromatic nitrogens is 5. The first-order valence-corrected chi connectivity index (χ1v) is 6.07. The number of hydrogen-bond donors (Lipinski definition) is 0. The van der Waals surface area contributed by atoms with Gasteiger partial charge >= 0.3 is 11.7 Å². The minimum absolute atomic E-state index is 0. The van der Waals surface area contributed by atoms with Crippen molar-refractivity contribution >= 4 is 11.6 Å². The van der Waals surface area contributed by atoms with Crippen LogP contribution in [0.2, 0.25) is 0 Å². The van der Waals surface area contributed by atoms with E-state index in [4.69, 9.17) is 4.74 Å². The first-order chi connectivity index (χ1) is 9.58. The number of hydrogen-bond acceptors (Lipinski definition) is 6. The second-order valence-electron chi connectivity index (χ2n) is 4.52. The van der Waals surface area contributed by atoms with E-state index < -0.39 is 17.8 Å². The fourth-order valence-electron chi connectivity index (χ4n) is 2.11. The molecule has 0 aromatic carbocycles. The summed E-state index contributed by atoms with van der Waals surface area (Å²) < 4.78 is 20.5. The number of nitrogens with zero attached hydrogens (tertiary/aromatic N) is 5. The maximum Gasteiger partial charge on any atom is 0.358 e. The standard InChI is InChI=1S/C11H11FN5O3.Y/c1-16-11(19)17-5-13-8(9(17)14-15-16)10(18)20-7-4-2-3-6(7)12;/h5,7H,2-4H2,1H3;/q-1;. The maximum absolute atomic E-state index is 13.4. The van der Waals surface area contributed by atoms with Gasteiger partial charge in [-0.25, -0.2) is 19.0 Å². The minimum Gasteiger partial charge on any atom is -0.488 e. The number of ether oxygens (including phenoxy) is 1. The number of fused-ring (bicyclic) bond motifs is 1. The van der Waals surface area contributed by atoms with Crippen molar-refractivity contribution in [2.75, 3.05) is 0 Å². The largest absolute Gasteiger partial charge is 0.488 e. The van der Waals surface area contributed by atoms with Crippen molar-refractivity contribution < 1.29 is 46.6 Å². The molecule has 0 bridgehead atoms. The molecule has 1 aliphatic rings. The monoisotopic (exact) mass is 369 g/mol. The van der Waals surface area contributed by atoms with Crippen LogP contribution in [0.25, 0.3) is 5.65 Å². The molecule has 10 heteroatoms. The second-order valence-corrected chi connectivity index (χ2v) is 4.52. The molecule has 0 amide bonds. The third kappa shape index (κ3) is 2.89. The van der Waals surface area contributed by atoms with Crippen molar-refractivity contribution in [2.24, 2.45) is 7.05 Å². The summed E-state index contributed by atoms with van der Waals surface area (Å²) in [6.07, 6.45) is 1.40. The first-order valence-electron chi connectivity index (χ1n) is 6.07. The Bertz CT molecular complexity index is 730. The molecule has 1 saturated carbocycles. The number of carbonyl (C=O) groups excluding carboxylic acids is 1. The Balaban J connectivity index is 0.00000161. The zero-order valence-electron chi connectivity index (χ0n) is 11.2. The smallest absolute Gasteiger partial charge is 0.358 e. The van der Waals surface area contributed by atoms with Gasteiger partial charge in [0, 0.05) is 45.9 Å². The predicted octanol–water partition coefficient (Wildman–Crippen LogP) is 0.0313. The molecule has 1 radical (unpaired) electrons. The van der Waals surface area contributed by atoms with E-state index in [2.05, 4.69) is 15.3 Å². The van der Waals surface area contributed by atoms with Gasteiger partial charge < -0.3 is 9.13 Å². The fourth-order valence-corrected chi connectivity index (χ4v) is 2.11. The van der Waals surface area contributed by atoms with Crippen LogP contribution in [0.4, 0.5) is 4.39 Å². The van der Waals surface area contributed by atoms with Gasteiger partial charge in [0.15, 0.2) is 11.3 Å². The van der Waals surface area contributed by atoms with Crippen molar-refractivity contribution in [1.82, 2.24) is 24.4 Å². The van der Waals surface area contributed by atoms with E-state index >= 15 is 0 Å². The van der Waals surface area contributed by atoms with Crippen LogP contribution in [0.5, 0.6) is 0 Å². The molecule has 2 aromatic rings. The fraction of sp³-hybridized carbons (Fsp3) is 0.455. The summed E-state index contributed by atoms with van der Waals surface area (Å²) in [6.45, 7) is 0. The van der Waals surface area contributed by atoms with Crippen LogP contribution in [0, 0.1) is 6.17 Å². The van der Waals surface area contributed by atoms with Crippen molar-refractivity contribution in [3.05, 3.63) is 28.7 Å². The molecule has 0 spiro atoms. The third-order valence-electron chi connectivity index (χ3n) is 3.17. The van der Waals surface area contributed by atoms with E-state index in [0.29, 0.717) is 19.3 Å².